The van der Waals surface area contributed by atoms with Crippen molar-refractivity contribution in [3.05, 3.63) is 54.0 Å². The van der Waals surface area contributed by atoms with Crippen molar-refractivity contribution in [3.63, 3.8) is 0 Å². The molecule has 2 aromatic rings. The van der Waals surface area contributed by atoms with E-state index in [0.29, 0.717) is 25.3 Å². The van der Waals surface area contributed by atoms with Crippen LogP contribution in [-0.4, -0.2) is 62.9 Å². The van der Waals surface area contributed by atoms with Gasteiger partial charge in [0, 0.05) is 24.9 Å². The van der Waals surface area contributed by atoms with Crippen LogP contribution in [-0.2, 0) is 22.5 Å². The first-order chi connectivity index (χ1) is 29.1. The maximum atomic E-state index is 15.6. The Labute approximate surface area is 405 Å². The fourth-order valence-electron chi connectivity index (χ4n) is 7.38. The molecule has 2 rings (SSSR count). The van der Waals surface area contributed by atoms with Crippen molar-refractivity contribution in [3.8, 4) is 0 Å². The van der Waals surface area contributed by atoms with Gasteiger partial charge in [-0.25, -0.2) is 4.98 Å². The van der Waals surface area contributed by atoms with Crippen LogP contribution in [0.1, 0.15) is 167 Å². The van der Waals surface area contributed by atoms with E-state index in [0.717, 1.165) is 42.3 Å². The number of nitrogens with zero attached hydrogens (tertiary/aromatic N) is 1. The predicted molar refractivity (Wildman–Crippen MR) is 290 cm³/mol. The van der Waals surface area contributed by atoms with E-state index in [9.17, 15) is 0 Å². The lowest BCUT2D eigenvalue weighted by Crippen LogP contribution is -2.55. The van der Waals surface area contributed by atoms with Gasteiger partial charge in [-0.1, -0.05) is 128 Å². The van der Waals surface area contributed by atoms with Crippen LogP contribution in [0, 0.1) is 24.2 Å². The predicted octanol–water partition coefficient (Wildman–Crippen LogP) is 17.3. The summed E-state index contributed by atoms with van der Waals surface area (Å²) in [5.74, 6) is 0.684. The van der Waals surface area contributed by atoms with Crippen LogP contribution in [0.5, 0.6) is 0 Å². The second-order valence-corrected chi connectivity index (χ2v) is 45.4. The molecule has 5 atom stereocenters. The smallest absolute Gasteiger partial charge is 0.192 e. The number of aromatic nitrogens is 1. The van der Waals surface area contributed by atoms with E-state index in [-0.39, 0.29) is 56.1 Å². The SMILES string of the molecule is C=CC[C@@H](C(=O)C(C)(C)[C@H](CCO[Si](C)(C)C(C)(C)C)O[Si](C)(C)C(C)(C)C)[C@@H](O[Si](C)(C)C(C)(C)C)[C@@H](C)CCCC(C)=CC[C@H](O[Si](C)(C)C(C)(C)C)c1ccc2oc(C)nc2c1. The number of carbonyl (C=O) groups excluding carboxylic acids is 1. The lowest BCUT2D eigenvalue weighted by molar-refractivity contribution is -0.141. The molecule has 1 aromatic carbocycles. The molecule has 1 heterocycles. The molecule has 0 saturated carbocycles. The Morgan fingerprint density at radius 3 is 1.75 bits per heavy atom. The minimum atomic E-state index is -2.30. The molecular formula is C54H101NO6Si4. The van der Waals surface area contributed by atoms with Crippen LogP contribution < -0.4 is 0 Å². The van der Waals surface area contributed by atoms with Crippen LogP contribution in [0.4, 0.5) is 0 Å². The number of rotatable bonds is 24. The topological polar surface area (TPSA) is 80.0 Å². The molecule has 0 N–H and O–H groups in total. The molecule has 0 aliphatic rings. The van der Waals surface area contributed by atoms with Crippen LogP contribution in [0.15, 0.2) is 46.9 Å². The van der Waals surface area contributed by atoms with Gasteiger partial charge in [0.05, 0.1) is 18.3 Å². The second-order valence-electron chi connectivity index (χ2n) is 26.3. The molecule has 0 saturated heterocycles. The Bertz CT molecular complexity index is 1880. The molecule has 11 heteroatoms. The Morgan fingerprint density at radius 1 is 0.738 bits per heavy atom. The van der Waals surface area contributed by atoms with Crippen molar-refractivity contribution in [2.75, 3.05) is 6.61 Å². The van der Waals surface area contributed by atoms with Crippen LogP contribution in [0.3, 0.4) is 0 Å². The lowest BCUT2D eigenvalue weighted by Gasteiger charge is -2.47. The number of fused-ring (bicyclic) bond motifs is 1. The third-order valence-electron chi connectivity index (χ3n) is 16.3. The summed E-state index contributed by atoms with van der Waals surface area (Å²) in [6.07, 6.45) is 8.63. The summed E-state index contributed by atoms with van der Waals surface area (Å²) in [6.45, 7) is 61.5. The monoisotopic (exact) mass is 972 g/mol. The van der Waals surface area contributed by atoms with E-state index >= 15 is 4.79 Å². The fourth-order valence-corrected chi connectivity index (χ4v) is 12.6. The van der Waals surface area contributed by atoms with Crippen molar-refractivity contribution < 1.29 is 26.9 Å². The maximum absolute atomic E-state index is 15.6. The average Bonchev–Trinajstić information content (AvgIpc) is 3.51. The number of Topliss-reactive ketones (excluding diaryl/α,β-unsaturated/α-hetero) is 1. The number of benzene rings is 1. The van der Waals surface area contributed by atoms with Crippen molar-refractivity contribution in [2.45, 2.75) is 247 Å². The normalized spacial score (nSPS) is 17.0. The lowest BCUT2D eigenvalue weighted by atomic mass is 9.71. The third-order valence-corrected chi connectivity index (χ3v) is 34.3. The molecule has 374 valence electrons. The Morgan fingerprint density at radius 2 is 1.25 bits per heavy atom. The molecule has 0 unspecified atom stereocenters. The Balaban J connectivity index is 2.50. The van der Waals surface area contributed by atoms with Gasteiger partial charge in [0.25, 0.3) is 0 Å². The van der Waals surface area contributed by atoms with Gasteiger partial charge in [-0.2, -0.15) is 0 Å². The van der Waals surface area contributed by atoms with Crippen molar-refractivity contribution in [1.82, 2.24) is 4.98 Å². The van der Waals surface area contributed by atoms with Crippen molar-refractivity contribution in [2.24, 2.45) is 17.3 Å². The summed E-state index contributed by atoms with van der Waals surface area (Å²) < 4.78 is 34.5. The zero-order valence-corrected chi connectivity index (χ0v) is 50.8. The summed E-state index contributed by atoms with van der Waals surface area (Å²) in [4.78, 5) is 20.2. The number of ketones is 1. The summed E-state index contributed by atoms with van der Waals surface area (Å²) in [6, 6.07) is 6.32. The van der Waals surface area contributed by atoms with Gasteiger partial charge < -0.3 is 22.1 Å². The van der Waals surface area contributed by atoms with Gasteiger partial charge in [-0.3, -0.25) is 4.79 Å². The zero-order valence-electron chi connectivity index (χ0n) is 46.8. The number of oxazole rings is 1. The second kappa shape index (κ2) is 22.1. The largest absolute Gasteiger partial charge is 0.441 e. The Hall–Kier alpha value is -1.45. The summed E-state index contributed by atoms with van der Waals surface area (Å²) in [5, 5.41) is 0.146. The molecule has 65 heavy (non-hydrogen) atoms. The summed E-state index contributed by atoms with van der Waals surface area (Å²) in [7, 11) is -8.68. The number of allylic oxidation sites excluding steroid dienone is 2. The van der Waals surface area contributed by atoms with Gasteiger partial charge in [-0.15, -0.1) is 6.58 Å². The number of carbonyl (C=O) groups is 1. The minimum Gasteiger partial charge on any atom is -0.441 e. The van der Waals surface area contributed by atoms with Gasteiger partial charge in [0.1, 0.15) is 11.3 Å². The first-order valence-electron chi connectivity index (χ1n) is 25.0. The highest BCUT2D eigenvalue weighted by atomic mass is 28.4. The molecule has 0 radical (unpaired) electrons. The molecule has 0 spiro atoms. The average molecular weight is 973 g/mol. The van der Waals surface area contributed by atoms with E-state index in [1.807, 2.05) is 19.1 Å². The van der Waals surface area contributed by atoms with E-state index in [4.69, 9.17) is 22.1 Å². The molecular weight excluding hydrogens is 871 g/mol. The van der Waals surface area contributed by atoms with Crippen LogP contribution in [0.2, 0.25) is 72.5 Å². The van der Waals surface area contributed by atoms with E-state index in [1.165, 1.54) is 5.57 Å². The quantitative estimate of drug-likeness (QED) is 0.0766. The van der Waals surface area contributed by atoms with E-state index in [1.54, 1.807) is 0 Å². The third kappa shape index (κ3) is 16.0. The van der Waals surface area contributed by atoms with Crippen LogP contribution >= 0.6 is 0 Å². The maximum Gasteiger partial charge on any atom is 0.192 e. The Kier molecular flexibility index (Phi) is 20.3. The molecule has 0 aliphatic carbocycles. The zero-order chi connectivity index (χ0) is 50.6. The van der Waals surface area contributed by atoms with Crippen molar-refractivity contribution in [1.29, 1.82) is 0 Å². The van der Waals surface area contributed by atoms with Crippen LogP contribution in [0.25, 0.3) is 11.1 Å². The highest BCUT2D eigenvalue weighted by Gasteiger charge is 2.50. The number of hydrogen-bond donors (Lipinski definition) is 0. The van der Waals surface area contributed by atoms with E-state index in [2.05, 4.69) is 193 Å². The summed E-state index contributed by atoms with van der Waals surface area (Å²) >= 11 is 0. The number of hydrogen-bond acceptors (Lipinski definition) is 7. The molecule has 7 nitrogen and oxygen atoms in total. The first kappa shape index (κ1) is 59.7. The molecule has 0 amide bonds. The van der Waals surface area contributed by atoms with Gasteiger partial charge in [0.15, 0.2) is 44.7 Å². The highest BCUT2D eigenvalue weighted by Crippen LogP contribution is 2.46. The molecule has 0 bridgehead atoms. The standard InChI is InChI=1S/C54H101NO6Si4/c1-27-29-43(49(56)54(17,18)47(60-64(23,24)52(11,12)13)36-37-57-62(19,20)50(5,6)7)48(61-65(25,26)53(14,15)16)40(3)31-28-30-39(2)32-34-45(59-63(21,22)51(8,9)10)42-33-35-46-44(38-42)55-41(4)58-46/h27,32-33,35,38,40,43,45,47-48H,1,28-31,34,36-37H2,2-26H3/t40-,43+,45-,47-,48-/m0/s1. The molecule has 1 aromatic heterocycles. The number of aryl methyl sites for hydroxylation is 1. The first-order valence-corrected chi connectivity index (χ1v) is 36.6. The van der Waals surface area contributed by atoms with Crippen molar-refractivity contribution >= 4 is 50.2 Å². The highest BCUT2D eigenvalue weighted by molar-refractivity contribution is 6.75. The van der Waals surface area contributed by atoms with Gasteiger partial charge >= 0.3 is 0 Å². The molecule has 0 fully saturated rings. The molecule has 0 aliphatic heterocycles. The van der Waals surface area contributed by atoms with E-state index < -0.39 is 38.7 Å². The van der Waals surface area contributed by atoms with Gasteiger partial charge in [0.2, 0.25) is 0 Å². The summed E-state index contributed by atoms with van der Waals surface area (Å²) in [5.41, 5.74) is 3.39. The fraction of sp³-hybridized carbons (Fsp3) is 0.778. The van der Waals surface area contributed by atoms with Gasteiger partial charge in [-0.05, 0) is 142 Å². The minimum absolute atomic E-state index is 0.00974.